The Morgan fingerprint density at radius 2 is 2.07 bits per heavy atom. The molecule has 3 unspecified atom stereocenters. The second kappa shape index (κ2) is 5.20. The topological polar surface area (TPSA) is 102 Å². The summed E-state index contributed by atoms with van der Waals surface area (Å²) >= 11 is 0. The van der Waals surface area contributed by atoms with E-state index in [1.807, 2.05) is 12.3 Å². The number of aliphatic hydroxyl groups is 1. The van der Waals surface area contributed by atoms with Crippen molar-refractivity contribution < 1.29 is 14.9 Å². The molecule has 4 bridgehead atoms. The molecule has 0 aromatic carbocycles. The minimum atomic E-state index is -1.12. The number of amides is 1. The summed E-state index contributed by atoms with van der Waals surface area (Å²) in [5.41, 5.74) is 2.67. The highest BCUT2D eigenvalue weighted by atomic mass is 16.3. The molecule has 1 aliphatic heterocycles. The number of pyridine rings is 1. The summed E-state index contributed by atoms with van der Waals surface area (Å²) in [6.45, 7) is 0. The molecule has 3 heterocycles. The standard InChI is InChI=1S/C19H21BN4O3/c25-9-24-20(27)14-8-22-18-13(1-2-21-18)16(14)17(23-24)15-11-3-10-4-12(15)7-19(26,5-10)6-11/h1-2,8-12,15,26-27H,3-7H2,(H,21,22)/t10?,11-,12+,15?,19?. The lowest BCUT2D eigenvalue weighted by Crippen LogP contribution is -2.59. The van der Waals surface area contributed by atoms with Gasteiger partial charge in [0, 0.05) is 34.7 Å². The van der Waals surface area contributed by atoms with Gasteiger partial charge in [0.15, 0.2) is 0 Å². The number of carbonyl (C=O) groups excluding carboxylic acids is 1. The molecule has 4 fully saturated rings. The van der Waals surface area contributed by atoms with Gasteiger partial charge in [0.25, 0.3) is 0 Å². The van der Waals surface area contributed by atoms with Gasteiger partial charge in [0.2, 0.25) is 6.41 Å². The molecule has 2 aromatic heterocycles. The number of H-pyrrole nitrogens is 1. The predicted molar refractivity (Wildman–Crippen MR) is 100 cm³/mol. The number of aromatic amines is 1. The predicted octanol–water partition coefficient (Wildman–Crippen LogP) is 0.614. The molecule has 0 spiro atoms. The second-order valence-electron chi connectivity index (χ2n) is 8.89. The van der Waals surface area contributed by atoms with Gasteiger partial charge in [-0.1, -0.05) is 0 Å². The van der Waals surface area contributed by atoms with E-state index in [2.05, 4.69) is 15.1 Å². The highest BCUT2D eigenvalue weighted by molar-refractivity contribution is 6.68. The Morgan fingerprint density at radius 1 is 1.30 bits per heavy atom. The summed E-state index contributed by atoms with van der Waals surface area (Å²) in [5, 5.41) is 27.1. The van der Waals surface area contributed by atoms with Crippen LogP contribution in [-0.2, 0) is 4.79 Å². The lowest BCUT2D eigenvalue weighted by Gasteiger charge is -2.58. The van der Waals surface area contributed by atoms with Crippen molar-refractivity contribution >= 4 is 35.7 Å². The maximum Gasteiger partial charge on any atom is 0.475 e. The van der Waals surface area contributed by atoms with E-state index in [1.54, 1.807) is 6.20 Å². The van der Waals surface area contributed by atoms with Crippen LogP contribution < -0.4 is 5.46 Å². The van der Waals surface area contributed by atoms with Gasteiger partial charge < -0.3 is 15.1 Å². The van der Waals surface area contributed by atoms with Gasteiger partial charge in [0.05, 0.1) is 11.3 Å². The maximum atomic E-state index is 11.6. The molecule has 4 aliphatic carbocycles. The third-order valence-electron chi connectivity index (χ3n) is 7.29. The minimum Gasteiger partial charge on any atom is -0.427 e. The van der Waals surface area contributed by atoms with Gasteiger partial charge in [-0.2, -0.15) is 5.10 Å². The second-order valence-corrected chi connectivity index (χ2v) is 8.89. The van der Waals surface area contributed by atoms with E-state index in [-0.39, 0.29) is 5.92 Å². The van der Waals surface area contributed by atoms with Crippen LogP contribution in [0.4, 0.5) is 0 Å². The lowest BCUT2D eigenvalue weighted by atomic mass is 9.48. The first-order valence-electron chi connectivity index (χ1n) is 9.75. The summed E-state index contributed by atoms with van der Waals surface area (Å²) in [6, 6.07) is 1.96. The summed E-state index contributed by atoms with van der Waals surface area (Å²) in [6.07, 6.45) is 8.85. The Labute approximate surface area is 156 Å². The van der Waals surface area contributed by atoms with E-state index in [4.69, 9.17) is 0 Å². The first-order valence-corrected chi connectivity index (χ1v) is 9.75. The van der Waals surface area contributed by atoms with Crippen LogP contribution in [0.15, 0.2) is 23.6 Å². The van der Waals surface area contributed by atoms with E-state index in [9.17, 15) is 14.9 Å². The Morgan fingerprint density at radius 3 is 2.78 bits per heavy atom. The Balaban J connectivity index is 1.54. The number of nitrogens with one attached hydrogen (secondary N) is 1. The molecule has 138 valence electrons. The lowest BCUT2D eigenvalue weighted by molar-refractivity contribution is -0.138. The third-order valence-corrected chi connectivity index (χ3v) is 7.29. The molecule has 0 radical (unpaired) electrons. The fourth-order valence-electron chi connectivity index (χ4n) is 6.62. The Bertz CT molecular complexity index is 972. The summed E-state index contributed by atoms with van der Waals surface area (Å²) in [7, 11) is -1.12. The van der Waals surface area contributed by atoms with Gasteiger partial charge in [-0.05, 0) is 55.9 Å². The zero-order valence-electron chi connectivity index (χ0n) is 14.9. The fraction of sp³-hybridized carbons (Fsp3) is 0.526. The largest absolute Gasteiger partial charge is 0.475 e. The van der Waals surface area contributed by atoms with Crippen molar-refractivity contribution in [2.45, 2.75) is 37.7 Å². The van der Waals surface area contributed by atoms with Gasteiger partial charge in [-0.25, -0.2) is 9.90 Å². The number of fused-ring (bicyclic) bond motifs is 3. The minimum absolute atomic E-state index is 0.205. The normalized spacial score (nSPS) is 36.9. The third kappa shape index (κ3) is 2.08. The number of nitrogens with zero attached hydrogens (tertiary/aromatic N) is 3. The molecule has 4 saturated carbocycles. The van der Waals surface area contributed by atoms with Crippen LogP contribution in [0.25, 0.3) is 11.0 Å². The molecule has 27 heavy (non-hydrogen) atoms. The SMILES string of the molecule is O=CN1N=C(C2[C@@H]3CC4C[C@H]2CC(O)(C4)C3)c2c(cnc3[nH]ccc23)B1O. The van der Waals surface area contributed by atoms with Crippen LogP contribution in [0.3, 0.4) is 0 Å². The van der Waals surface area contributed by atoms with Gasteiger partial charge in [0.1, 0.15) is 5.65 Å². The van der Waals surface area contributed by atoms with Gasteiger partial charge in [-0.3, -0.25) is 4.79 Å². The van der Waals surface area contributed by atoms with Crippen molar-refractivity contribution in [2.75, 3.05) is 0 Å². The van der Waals surface area contributed by atoms with Crippen LogP contribution in [0.5, 0.6) is 0 Å². The van der Waals surface area contributed by atoms with Crippen molar-refractivity contribution in [3.05, 3.63) is 24.0 Å². The zero-order valence-corrected chi connectivity index (χ0v) is 14.9. The van der Waals surface area contributed by atoms with Gasteiger partial charge in [-0.15, -0.1) is 0 Å². The molecular formula is C19H21BN4O3. The number of aromatic nitrogens is 2. The maximum absolute atomic E-state index is 11.6. The molecule has 7 rings (SSSR count). The molecule has 3 N–H and O–H groups in total. The molecule has 2 aromatic rings. The van der Waals surface area contributed by atoms with Crippen LogP contribution in [-0.4, -0.2) is 49.8 Å². The number of carbonyl (C=O) groups is 1. The molecule has 8 heteroatoms. The highest BCUT2D eigenvalue weighted by Crippen LogP contribution is 2.59. The van der Waals surface area contributed by atoms with E-state index in [0.717, 1.165) is 59.3 Å². The van der Waals surface area contributed by atoms with Gasteiger partial charge >= 0.3 is 7.05 Å². The quantitative estimate of drug-likeness (QED) is 0.537. The molecule has 0 saturated heterocycles. The van der Waals surface area contributed by atoms with Crippen molar-refractivity contribution in [2.24, 2.45) is 28.8 Å². The highest BCUT2D eigenvalue weighted by Gasteiger charge is 2.57. The molecule has 1 amide bonds. The smallest absolute Gasteiger partial charge is 0.427 e. The summed E-state index contributed by atoms with van der Waals surface area (Å²) in [5.74, 6) is 1.55. The van der Waals surface area contributed by atoms with Crippen LogP contribution in [0.1, 0.15) is 37.7 Å². The first kappa shape index (κ1) is 15.8. The van der Waals surface area contributed by atoms with Crippen LogP contribution in [0.2, 0.25) is 0 Å². The average Bonchev–Trinajstić information content (AvgIpc) is 3.10. The van der Waals surface area contributed by atoms with E-state index < -0.39 is 12.7 Å². The fourth-order valence-corrected chi connectivity index (χ4v) is 6.62. The molecule has 5 atom stereocenters. The first-order chi connectivity index (χ1) is 13.1. The summed E-state index contributed by atoms with van der Waals surface area (Å²) < 4.78 is 0. The van der Waals surface area contributed by atoms with Crippen molar-refractivity contribution in [3.8, 4) is 0 Å². The van der Waals surface area contributed by atoms with E-state index in [0.29, 0.717) is 29.6 Å². The van der Waals surface area contributed by atoms with Crippen LogP contribution >= 0.6 is 0 Å². The van der Waals surface area contributed by atoms with Crippen molar-refractivity contribution in [1.29, 1.82) is 0 Å². The summed E-state index contributed by atoms with van der Waals surface area (Å²) in [4.78, 5) is 20.2. The van der Waals surface area contributed by atoms with Crippen molar-refractivity contribution in [3.63, 3.8) is 0 Å². The van der Waals surface area contributed by atoms with Crippen molar-refractivity contribution in [1.82, 2.24) is 14.9 Å². The monoisotopic (exact) mass is 364 g/mol. The molecule has 5 aliphatic rings. The van der Waals surface area contributed by atoms with E-state index in [1.165, 1.54) is 0 Å². The number of hydrogen-bond acceptors (Lipinski definition) is 5. The van der Waals surface area contributed by atoms with Crippen LogP contribution in [0, 0.1) is 23.7 Å². The molecule has 7 nitrogen and oxygen atoms in total. The zero-order chi connectivity index (χ0) is 18.3. The van der Waals surface area contributed by atoms with E-state index >= 15 is 0 Å². The molecular weight excluding hydrogens is 343 g/mol. The number of hydrogen-bond donors (Lipinski definition) is 3. The Kier molecular flexibility index (Phi) is 3.05. The average molecular weight is 364 g/mol. The number of hydrazone groups is 1. The Hall–Kier alpha value is -2.19. The number of rotatable bonds is 2.